The molecule has 0 aromatic carbocycles. The van der Waals surface area contributed by atoms with E-state index in [1.54, 1.807) is 12.1 Å². The summed E-state index contributed by atoms with van der Waals surface area (Å²) in [6, 6.07) is 3.26. The molecule has 2 rings (SSSR count). The summed E-state index contributed by atoms with van der Waals surface area (Å²) in [6.45, 7) is 2.31. The quantitative estimate of drug-likeness (QED) is 0.713. The third-order valence-electron chi connectivity index (χ3n) is 2.67. The molecule has 0 aliphatic carbocycles. The molecule has 1 amide bonds. The fourth-order valence-corrected chi connectivity index (χ4v) is 1.92. The van der Waals surface area contributed by atoms with Crippen LogP contribution in [0.1, 0.15) is 30.3 Å². The van der Waals surface area contributed by atoms with Gasteiger partial charge in [-0.25, -0.2) is 4.39 Å². The number of rotatable bonds is 1. The lowest BCUT2D eigenvalue weighted by Gasteiger charge is -2.34. The van der Waals surface area contributed by atoms with Gasteiger partial charge in [0.1, 0.15) is 5.67 Å². The van der Waals surface area contributed by atoms with E-state index in [1.807, 2.05) is 0 Å². The zero-order valence-electron chi connectivity index (χ0n) is 8.70. The Morgan fingerprint density at radius 3 is 3.07 bits per heavy atom. The van der Waals surface area contributed by atoms with E-state index in [2.05, 4.69) is 0 Å². The molecule has 1 aliphatic heterocycles. The highest BCUT2D eigenvalue weighted by atomic mass is 19.1. The second-order valence-corrected chi connectivity index (χ2v) is 4.22. The van der Waals surface area contributed by atoms with Gasteiger partial charge in [-0.2, -0.15) is 0 Å². The number of carbonyl (C=O) groups is 1. The third kappa shape index (κ3) is 2.19. The van der Waals surface area contributed by atoms with Gasteiger partial charge in [-0.1, -0.05) is 0 Å². The summed E-state index contributed by atoms with van der Waals surface area (Å²) in [5.41, 5.74) is -1.26. The van der Waals surface area contributed by atoms with Gasteiger partial charge in [0, 0.05) is 6.54 Å². The Bertz CT molecular complexity index is 345. The van der Waals surface area contributed by atoms with Gasteiger partial charge < -0.3 is 9.32 Å². The maximum atomic E-state index is 13.7. The molecule has 4 heteroatoms. The molecular weight excluding hydrogens is 197 g/mol. The first-order valence-electron chi connectivity index (χ1n) is 5.10. The highest BCUT2D eigenvalue weighted by Gasteiger charge is 2.33. The lowest BCUT2D eigenvalue weighted by atomic mass is 9.97. The van der Waals surface area contributed by atoms with Crippen molar-refractivity contribution in [3.8, 4) is 0 Å². The fraction of sp³-hybridized carbons (Fsp3) is 0.545. The molecule has 0 radical (unpaired) electrons. The minimum absolute atomic E-state index is 0.159. The molecule has 1 fully saturated rings. The highest BCUT2D eigenvalue weighted by molar-refractivity contribution is 5.91. The third-order valence-corrected chi connectivity index (χ3v) is 2.67. The van der Waals surface area contributed by atoms with Crippen LogP contribution in [-0.4, -0.2) is 29.6 Å². The molecule has 0 saturated carbocycles. The first kappa shape index (κ1) is 10.2. The van der Waals surface area contributed by atoms with E-state index in [4.69, 9.17) is 4.42 Å². The Morgan fingerprint density at radius 2 is 2.47 bits per heavy atom. The molecule has 82 valence electrons. The monoisotopic (exact) mass is 211 g/mol. The van der Waals surface area contributed by atoms with Crippen LogP contribution in [0.4, 0.5) is 4.39 Å². The first-order valence-corrected chi connectivity index (χ1v) is 5.10. The number of carbonyl (C=O) groups excluding carboxylic acids is 1. The number of halogens is 1. The van der Waals surface area contributed by atoms with Crippen molar-refractivity contribution < 1.29 is 13.6 Å². The standard InChI is InChI=1S/C11H14FNO2/c1-11(12)5-3-6-13(8-11)10(14)9-4-2-7-15-9/h2,4,7H,3,5-6,8H2,1H3/t11-/m0/s1. The Morgan fingerprint density at radius 1 is 1.67 bits per heavy atom. The summed E-state index contributed by atoms with van der Waals surface area (Å²) in [5, 5.41) is 0. The first-order chi connectivity index (χ1) is 7.08. The number of likely N-dealkylation sites (tertiary alicyclic amines) is 1. The van der Waals surface area contributed by atoms with Crippen molar-refractivity contribution in [3.05, 3.63) is 24.2 Å². The Kier molecular flexibility index (Phi) is 2.50. The van der Waals surface area contributed by atoms with Crippen LogP contribution in [-0.2, 0) is 0 Å². The van der Waals surface area contributed by atoms with Crippen LogP contribution in [0, 0.1) is 0 Å². The van der Waals surface area contributed by atoms with Crippen molar-refractivity contribution in [3.63, 3.8) is 0 Å². The van der Waals surface area contributed by atoms with Crippen LogP contribution in [0.15, 0.2) is 22.8 Å². The van der Waals surface area contributed by atoms with E-state index in [-0.39, 0.29) is 18.2 Å². The second kappa shape index (κ2) is 3.68. The molecule has 1 aromatic heterocycles. The molecular formula is C11H14FNO2. The van der Waals surface area contributed by atoms with Crippen molar-refractivity contribution in [2.45, 2.75) is 25.4 Å². The molecule has 0 unspecified atom stereocenters. The number of hydrogen-bond acceptors (Lipinski definition) is 2. The summed E-state index contributed by atoms with van der Waals surface area (Å²) < 4.78 is 18.7. The zero-order chi connectivity index (χ0) is 10.9. The Hall–Kier alpha value is -1.32. The average molecular weight is 211 g/mol. The van der Waals surface area contributed by atoms with E-state index in [0.29, 0.717) is 19.4 Å². The zero-order valence-corrected chi connectivity index (χ0v) is 8.70. The minimum atomic E-state index is -1.26. The Balaban J connectivity index is 2.08. The molecule has 1 atom stereocenters. The molecule has 0 N–H and O–H groups in total. The van der Waals surface area contributed by atoms with Gasteiger partial charge in [-0.3, -0.25) is 4.79 Å². The number of hydrogen-bond donors (Lipinski definition) is 0. The average Bonchev–Trinajstić information content (AvgIpc) is 2.67. The molecule has 1 aliphatic rings. The number of furan rings is 1. The van der Waals surface area contributed by atoms with Crippen LogP contribution in [0.25, 0.3) is 0 Å². The summed E-state index contributed by atoms with van der Waals surface area (Å²) >= 11 is 0. The van der Waals surface area contributed by atoms with Crippen LogP contribution in [0.2, 0.25) is 0 Å². The van der Waals surface area contributed by atoms with E-state index in [1.165, 1.54) is 18.1 Å². The molecule has 1 saturated heterocycles. The number of amides is 1. The van der Waals surface area contributed by atoms with Crippen molar-refractivity contribution >= 4 is 5.91 Å². The van der Waals surface area contributed by atoms with Crippen molar-refractivity contribution in [2.24, 2.45) is 0 Å². The van der Waals surface area contributed by atoms with Gasteiger partial charge in [0.25, 0.3) is 5.91 Å². The smallest absolute Gasteiger partial charge is 0.289 e. The predicted octanol–water partition coefficient (Wildman–Crippen LogP) is 2.24. The van der Waals surface area contributed by atoms with Gasteiger partial charge in [0.15, 0.2) is 5.76 Å². The molecule has 1 aromatic rings. The Labute approximate surface area is 87.9 Å². The molecule has 3 nitrogen and oxygen atoms in total. The van der Waals surface area contributed by atoms with Gasteiger partial charge in [0.2, 0.25) is 0 Å². The summed E-state index contributed by atoms with van der Waals surface area (Å²) in [4.78, 5) is 13.3. The summed E-state index contributed by atoms with van der Waals surface area (Å²) in [5.74, 6) is 0.0660. The highest BCUT2D eigenvalue weighted by Crippen LogP contribution is 2.25. The normalized spacial score (nSPS) is 26.7. The van der Waals surface area contributed by atoms with Crippen LogP contribution in [0.5, 0.6) is 0 Å². The number of nitrogens with zero attached hydrogens (tertiary/aromatic N) is 1. The van der Waals surface area contributed by atoms with Crippen molar-refractivity contribution in [2.75, 3.05) is 13.1 Å². The summed E-state index contributed by atoms with van der Waals surface area (Å²) in [7, 11) is 0. The number of piperidine rings is 1. The van der Waals surface area contributed by atoms with Crippen LogP contribution in [0.3, 0.4) is 0 Å². The fourth-order valence-electron chi connectivity index (χ4n) is 1.92. The van der Waals surface area contributed by atoms with Crippen molar-refractivity contribution in [1.82, 2.24) is 4.90 Å². The van der Waals surface area contributed by atoms with E-state index in [9.17, 15) is 9.18 Å². The molecule has 15 heavy (non-hydrogen) atoms. The van der Waals surface area contributed by atoms with Crippen LogP contribution < -0.4 is 0 Å². The topological polar surface area (TPSA) is 33.5 Å². The van der Waals surface area contributed by atoms with Gasteiger partial charge in [-0.15, -0.1) is 0 Å². The second-order valence-electron chi connectivity index (χ2n) is 4.22. The van der Waals surface area contributed by atoms with Gasteiger partial charge in [0.05, 0.1) is 12.8 Å². The van der Waals surface area contributed by atoms with Gasteiger partial charge in [-0.05, 0) is 31.9 Å². The van der Waals surface area contributed by atoms with Gasteiger partial charge >= 0.3 is 0 Å². The van der Waals surface area contributed by atoms with Crippen LogP contribution >= 0.6 is 0 Å². The minimum Gasteiger partial charge on any atom is -0.459 e. The molecule has 0 spiro atoms. The van der Waals surface area contributed by atoms with Crippen molar-refractivity contribution in [1.29, 1.82) is 0 Å². The predicted molar refractivity (Wildman–Crippen MR) is 53.4 cm³/mol. The van der Waals surface area contributed by atoms with E-state index in [0.717, 1.165) is 0 Å². The molecule has 0 bridgehead atoms. The van der Waals surface area contributed by atoms with E-state index >= 15 is 0 Å². The summed E-state index contributed by atoms with van der Waals surface area (Å²) in [6.07, 6.45) is 2.68. The maximum absolute atomic E-state index is 13.7. The lowest BCUT2D eigenvalue weighted by molar-refractivity contribution is 0.0393. The maximum Gasteiger partial charge on any atom is 0.289 e. The van der Waals surface area contributed by atoms with E-state index < -0.39 is 5.67 Å². The largest absolute Gasteiger partial charge is 0.459 e. The molecule has 2 heterocycles. The SMILES string of the molecule is C[C@]1(F)CCCN(C(=O)c2ccco2)C1. The lowest BCUT2D eigenvalue weighted by Crippen LogP contribution is -2.46. The number of alkyl halides is 1.